The van der Waals surface area contributed by atoms with E-state index in [0.717, 1.165) is 11.4 Å². The predicted molar refractivity (Wildman–Crippen MR) is 74.5 cm³/mol. The Morgan fingerprint density at radius 3 is 2.95 bits per heavy atom. The lowest BCUT2D eigenvalue weighted by Crippen LogP contribution is -2.44. The summed E-state index contributed by atoms with van der Waals surface area (Å²) in [5.74, 6) is 0.950. The Bertz CT molecular complexity index is 455. The SMILES string of the molecule is O=C(CNC1CCCC1)N1CCOc2ccccc21. The second kappa shape index (κ2) is 5.61. The van der Waals surface area contributed by atoms with Crippen LogP contribution in [0.25, 0.3) is 0 Å². The van der Waals surface area contributed by atoms with Crippen LogP contribution in [0.5, 0.6) is 5.75 Å². The van der Waals surface area contributed by atoms with Crippen molar-refractivity contribution >= 4 is 11.6 Å². The van der Waals surface area contributed by atoms with Crippen LogP contribution in [0.15, 0.2) is 24.3 Å². The summed E-state index contributed by atoms with van der Waals surface area (Å²) in [6, 6.07) is 8.27. The monoisotopic (exact) mass is 260 g/mol. The number of hydrogen-bond donors (Lipinski definition) is 1. The maximum absolute atomic E-state index is 12.3. The molecule has 1 amide bonds. The van der Waals surface area contributed by atoms with Crippen molar-refractivity contribution < 1.29 is 9.53 Å². The largest absolute Gasteiger partial charge is 0.490 e. The highest BCUT2D eigenvalue weighted by molar-refractivity contribution is 5.96. The summed E-state index contributed by atoms with van der Waals surface area (Å²) in [4.78, 5) is 14.2. The molecule has 0 saturated heterocycles. The van der Waals surface area contributed by atoms with Gasteiger partial charge in [0.1, 0.15) is 12.4 Å². The van der Waals surface area contributed by atoms with Gasteiger partial charge in [-0.05, 0) is 25.0 Å². The minimum absolute atomic E-state index is 0.141. The summed E-state index contributed by atoms with van der Waals surface area (Å²) in [5.41, 5.74) is 0.895. The molecule has 0 spiro atoms. The highest BCUT2D eigenvalue weighted by Gasteiger charge is 2.24. The van der Waals surface area contributed by atoms with Crippen LogP contribution in [0.4, 0.5) is 5.69 Å². The number of rotatable bonds is 3. The van der Waals surface area contributed by atoms with Gasteiger partial charge in [0.05, 0.1) is 18.8 Å². The second-order valence-corrected chi connectivity index (χ2v) is 5.22. The Hall–Kier alpha value is -1.55. The van der Waals surface area contributed by atoms with Gasteiger partial charge in [0.2, 0.25) is 5.91 Å². The number of para-hydroxylation sites is 2. The predicted octanol–water partition coefficient (Wildman–Crippen LogP) is 1.94. The summed E-state index contributed by atoms with van der Waals surface area (Å²) >= 11 is 0. The Balaban J connectivity index is 1.64. The van der Waals surface area contributed by atoms with Crippen LogP contribution in [0.1, 0.15) is 25.7 Å². The van der Waals surface area contributed by atoms with E-state index in [9.17, 15) is 4.79 Å². The number of benzene rings is 1. The smallest absolute Gasteiger partial charge is 0.241 e. The molecule has 1 aromatic rings. The fourth-order valence-corrected chi connectivity index (χ4v) is 2.89. The van der Waals surface area contributed by atoms with E-state index in [2.05, 4.69) is 5.32 Å². The fourth-order valence-electron chi connectivity index (χ4n) is 2.89. The molecule has 0 atom stereocenters. The van der Waals surface area contributed by atoms with Crippen molar-refractivity contribution in [1.82, 2.24) is 5.32 Å². The summed E-state index contributed by atoms with van der Waals surface area (Å²) in [6.07, 6.45) is 4.97. The van der Waals surface area contributed by atoms with E-state index in [4.69, 9.17) is 4.74 Å². The number of carbonyl (C=O) groups excluding carboxylic acids is 1. The first kappa shape index (κ1) is 12.5. The van der Waals surface area contributed by atoms with E-state index >= 15 is 0 Å². The van der Waals surface area contributed by atoms with Gasteiger partial charge in [-0.2, -0.15) is 0 Å². The number of anilines is 1. The first-order valence-electron chi connectivity index (χ1n) is 7.10. The highest BCUT2D eigenvalue weighted by atomic mass is 16.5. The summed E-state index contributed by atoms with van der Waals surface area (Å²) < 4.78 is 5.57. The molecular weight excluding hydrogens is 240 g/mol. The third kappa shape index (κ3) is 2.73. The molecule has 0 bridgehead atoms. The van der Waals surface area contributed by atoms with Gasteiger partial charge in [0.25, 0.3) is 0 Å². The number of ether oxygens (including phenoxy) is 1. The molecule has 1 heterocycles. The lowest BCUT2D eigenvalue weighted by atomic mass is 10.2. The maximum atomic E-state index is 12.3. The Morgan fingerprint density at radius 2 is 2.11 bits per heavy atom. The van der Waals surface area contributed by atoms with Crippen LogP contribution in [0.3, 0.4) is 0 Å². The highest BCUT2D eigenvalue weighted by Crippen LogP contribution is 2.30. The number of hydrogen-bond acceptors (Lipinski definition) is 3. The first-order valence-corrected chi connectivity index (χ1v) is 7.10. The minimum Gasteiger partial charge on any atom is -0.490 e. The molecule has 0 aromatic heterocycles. The molecule has 0 unspecified atom stereocenters. The van der Waals surface area contributed by atoms with Crippen molar-refractivity contribution in [3.63, 3.8) is 0 Å². The number of nitrogens with zero attached hydrogens (tertiary/aromatic N) is 1. The van der Waals surface area contributed by atoms with Crippen LogP contribution < -0.4 is 15.0 Å². The molecule has 19 heavy (non-hydrogen) atoms. The van der Waals surface area contributed by atoms with E-state index in [0.29, 0.717) is 25.7 Å². The van der Waals surface area contributed by atoms with Crippen molar-refractivity contribution in [3.05, 3.63) is 24.3 Å². The van der Waals surface area contributed by atoms with Crippen molar-refractivity contribution in [2.45, 2.75) is 31.7 Å². The molecule has 1 N–H and O–H groups in total. The van der Waals surface area contributed by atoms with E-state index < -0.39 is 0 Å². The normalized spacial score (nSPS) is 19.1. The van der Waals surface area contributed by atoms with Gasteiger partial charge in [-0.3, -0.25) is 4.79 Å². The van der Waals surface area contributed by atoms with Crippen molar-refractivity contribution in [3.8, 4) is 5.75 Å². The van der Waals surface area contributed by atoms with E-state index in [1.165, 1.54) is 25.7 Å². The van der Waals surface area contributed by atoms with Crippen LogP contribution in [-0.4, -0.2) is 31.6 Å². The lowest BCUT2D eigenvalue weighted by molar-refractivity contribution is -0.118. The molecule has 3 rings (SSSR count). The topological polar surface area (TPSA) is 41.6 Å². The van der Waals surface area contributed by atoms with Crippen LogP contribution >= 0.6 is 0 Å². The minimum atomic E-state index is 0.141. The number of fused-ring (bicyclic) bond motifs is 1. The molecule has 102 valence electrons. The maximum Gasteiger partial charge on any atom is 0.241 e. The molecule has 0 radical (unpaired) electrons. The molecule has 2 aliphatic rings. The van der Waals surface area contributed by atoms with E-state index in [1.54, 1.807) is 0 Å². The molecular formula is C15H20N2O2. The van der Waals surface area contributed by atoms with Gasteiger partial charge >= 0.3 is 0 Å². The third-order valence-electron chi connectivity index (χ3n) is 3.93. The number of amides is 1. The van der Waals surface area contributed by atoms with Gasteiger partial charge in [-0.15, -0.1) is 0 Å². The fraction of sp³-hybridized carbons (Fsp3) is 0.533. The van der Waals surface area contributed by atoms with Gasteiger partial charge < -0.3 is 15.0 Å². The molecule has 1 aliphatic carbocycles. The summed E-state index contributed by atoms with van der Waals surface area (Å²) in [6.45, 7) is 1.65. The molecule has 4 heteroatoms. The lowest BCUT2D eigenvalue weighted by Gasteiger charge is -2.30. The zero-order valence-electron chi connectivity index (χ0n) is 11.1. The Labute approximate surface area is 113 Å². The summed E-state index contributed by atoms with van der Waals surface area (Å²) in [7, 11) is 0. The van der Waals surface area contributed by atoms with Crippen LogP contribution in [0.2, 0.25) is 0 Å². The number of carbonyl (C=O) groups is 1. The molecule has 4 nitrogen and oxygen atoms in total. The van der Waals surface area contributed by atoms with E-state index in [1.807, 2.05) is 29.2 Å². The average Bonchev–Trinajstić information content (AvgIpc) is 2.97. The quantitative estimate of drug-likeness (QED) is 0.903. The zero-order chi connectivity index (χ0) is 13.1. The Morgan fingerprint density at radius 1 is 1.32 bits per heavy atom. The first-order chi connectivity index (χ1) is 9.34. The van der Waals surface area contributed by atoms with Crippen molar-refractivity contribution in [2.75, 3.05) is 24.6 Å². The molecule has 1 saturated carbocycles. The third-order valence-corrected chi connectivity index (χ3v) is 3.93. The van der Waals surface area contributed by atoms with Crippen molar-refractivity contribution in [2.24, 2.45) is 0 Å². The van der Waals surface area contributed by atoms with Gasteiger partial charge in [-0.25, -0.2) is 0 Å². The number of nitrogens with one attached hydrogen (secondary N) is 1. The van der Waals surface area contributed by atoms with Crippen LogP contribution in [-0.2, 0) is 4.79 Å². The molecule has 1 fully saturated rings. The second-order valence-electron chi connectivity index (χ2n) is 5.22. The van der Waals surface area contributed by atoms with Crippen LogP contribution in [0, 0.1) is 0 Å². The standard InChI is InChI=1S/C15H20N2O2/c18-15(11-16-12-5-1-2-6-12)17-9-10-19-14-8-4-3-7-13(14)17/h3-4,7-8,12,16H,1-2,5-6,9-11H2. The van der Waals surface area contributed by atoms with Crippen molar-refractivity contribution in [1.29, 1.82) is 0 Å². The van der Waals surface area contributed by atoms with Gasteiger partial charge in [-0.1, -0.05) is 25.0 Å². The zero-order valence-corrected chi connectivity index (χ0v) is 11.1. The molecule has 1 aliphatic heterocycles. The van der Waals surface area contributed by atoms with Gasteiger partial charge in [0.15, 0.2) is 0 Å². The Kier molecular flexibility index (Phi) is 3.69. The summed E-state index contributed by atoms with van der Waals surface area (Å²) in [5, 5.41) is 3.38. The van der Waals surface area contributed by atoms with Gasteiger partial charge in [0, 0.05) is 6.04 Å². The molecule has 1 aromatic carbocycles. The van der Waals surface area contributed by atoms with E-state index in [-0.39, 0.29) is 5.91 Å². The average molecular weight is 260 g/mol.